The molecule has 0 saturated heterocycles. The van der Waals surface area contributed by atoms with Crippen molar-refractivity contribution < 1.29 is 51.5 Å². The van der Waals surface area contributed by atoms with Crippen LogP contribution >= 0.6 is 0 Å². The van der Waals surface area contributed by atoms with Gasteiger partial charge in [-0.15, -0.1) is 0 Å². The zero-order chi connectivity index (χ0) is 34.8. The van der Waals surface area contributed by atoms with Crippen LogP contribution in [0.3, 0.4) is 0 Å². The summed E-state index contributed by atoms with van der Waals surface area (Å²) in [5.74, 6) is 1.65. The Balaban J connectivity index is 1.64. The molecule has 3 N–H and O–H groups in total. The summed E-state index contributed by atoms with van der Waals surface area (Å²) in [6.07, 6.45) is 1.90. The van der Waals surface area contributed by atoms with E-state index in [0.29, 0.717) is 30.1 Å². The molecule has 15 heteroatoms. The van der Waals surface area contributed by atoms with E-state index >= 15 is 0 Å². The summed E-state index contributed by atoms with van der Waals surface area (Å²) >= 11 is 0. The first-order valence-electron chi connectivity index (χ1n) is 16.8. The predicted octanol–water partition coefficient (Wildman–Crippen LogP) is 6.16. The minimum Gasteiger partial charge on any atom is -0.264 e. The topological polar surface area (TPSA) is 191 Å². The quantitative estimate of drug-likeness (QED) is 0.195. The highest BCUT2D eigenvalue weighted by molar-refractivity contribution is 7.81. The number of rotatable bonds is 12. The predicted molar refractivity (Wildman–Crippen MR) is 171 cm³/mol. The minimum atomic E-state index is -5.07. The molecule has 0 bridgehead atoms. The summed E-state index contributed by atoms with van der Waals surface area (Å²) in [7, 11) is -15.0. The van der Waals surface area contributed by atoms with Gasteiger partial charge in [0, 0.05) is 0 Å². The molecule has 4 rings (SSSR count). The van der Waals surface area contributed by atoms with Gasteiger partial charge in [-0.1, -0.05) is 61.8 Å². The lowest BCUT2D eigenvalue weighted by molar-refractivity contribution is -0.184. The van der Waals surface area contributed by atoms with Crippen LogP contribution < -0.4 is 0 Å². The molecule has 0 aliphatic heterocycles. The van der Waals surface area contributed by atoms with Crippen LogP contribution in [0.15, 0.2) is 0 Å². The van der Waals surface area contributed by atoms with Crippen LogP contribution in [0.2, 0.25) is 0 Å². The second-order valence-electron chi connectivity index (χ2n) is 16.5. The fourth-order valence-electron chi connectivity index (χ4n) is 10.7. The van der Waals surface area contributed by atoms with Gasteiger partial charge in [-0.05, 0) is 115 Å². The van der Waals surface area contributed by atoms with Crippen LogP contribution in [-0.2, 0) is 43.7 Å². The van der Waals surface area contributed by atoms with Gasteiger partial charge < -0.3 is 0 Å². The van der Waals surface area contributed by atoms with Gasteiger partial charge in [-0.2, -0.15) is 25.3 Å². The number of hydrogen-bond donors (Lipinski definition) is 3. The Bertz CT molecular complexity index is 1430. The van der Waals surface area contributed by atoms with Crippen molar-refractivity contribution in [1.82, 2.24) is 0 Å². The number of hydrogen-bond acceptors (Lipinski definition) is 9. The van der Waals surface area contributed by atoms with Gasteiger partial charge in [0.25, 0.3) is 0 Å². The zero-order valence-corrected chi connectivity index (χ0v) is 30.9. The first-order chi connectivity index (χ1) is 20.8. The van der Waals surface area contributed by atoms with Gasteiger partial charge >= 0.3 is 31.2 Å². The molecule has 0 aromatic carbocycles. The molecule has 0 heterocycles. The fourth-order valence-corrected chi connectivity index (χ4v) is 12.2. The molecule has 4 saturated carbocycles. The van der Waals surface area contributed by atoms with Gasteiger partial charge in [-0.25, -0.2) is 12.5 Å². The van der Waals surface area contributed by atoms with Gasteiger partial charge in [0.05, 0.1) is 6.10 Å². The molecular weight excluding hydrogens is 661 g/mol. The van der Waals surface area contributed by atoms with Crippen LogP contribution in [0, 0.1) is 63.6 Å². The third kappa shape index (κ3) is 7.98. The van der Waals surface area contributed by atoms with E-state index in [0.717, 1.165) is 38.5 Å². The van der Waals surface area contributed by atoms with E-state index in [1.54, 1.807) is 0 Å². The van der Waals surface area contributed by atoms with Crippen molar-refractivity contribution in [1.29, 1.82) is 0 Å². The maximum atomic E-state index is 12.1. The molecule has 0 amide bonds. The molecule has 4 aliphatic rings. The average Bonchev–Trinajstić information content (AvgIpc) is 3.22. The Morgan fingerprint density at radius 3 is 1.76 bits per heavy atom. The number of fused-ring (bicyclic) bond motifs is 5. The molecule has 4 fully saturated rings. The maximum Gasteiger partial charge on any atom is 0.397 e. The standard InChI is InChI=1S/C31H56O12S3/c1-18(2)29(5,6)20(4)10-9-19(3)22-11-12-23-21-15-26(41-44(32,33)34)25-16-27(42-45(35,36)37)28(43-46(38,39)40)17-31(25,8)24(21)13-14-30(22,23)7/h18-28H,9-17H2,1-8H3,(H,32,33,34)(H,35,36,37)(H,38,39,40)/t19-,20?,21+,22-,23+,24+,25-,26+,27+,28+,30-,31-/m1/s1. The molecule has 0 aromatic rings. The second-order valence-corrected chi connectivity index (χ2v) is 19.7. The van der Waals surface area contributed by atoms with Gasteiger partial charge in [-0.3, -0.25) is 13.7 Å². The molecule has 0 aromatic heterocycles. The van der Waals surface area contributed by atoms with E-state index in [-0.39, 0.29) is 41.4 Å². The van der Waals surface area contributed by atoms with Gasteiger partial charge in [0.15, 0.2) is 0 Å². The molecule has 0 radical (unpaired) electrons. The average molecular weight is 717 g/mol. The van der Waals surface area contributed by atoms with Crippen molar-refractivity contribution in [2.24, 2.45) is 63.6 Å². The summed E-state index contributed by atoms with van der Waals surface area (Å²) in [5.41, 5.74) is -0.590. The lowest BCUT2D eigenvalue weighted by atomic mass is 9.43. The Labute approximate surface area is 277 Å². The van der Waals surface area contributed by atoms with Crippen LogP contribution in [0.1, 0.15) is 113 Å². The smallest absolute Gasteiger partial charge is 0.264 e. The normalized spacial score (nSPS) is 40.2. The van der Waals surface area contributed by atoms with Crippen molar-refractivity contribution in [3.63, 3.8) is 0 Å². The van der Waals surface area contributed by atoms with Crippen molar-refractivity contribution in [3.8, 4) is 0 Å². The van der Waals surface area contributed by atoms with Crippen LogP contribution in [-0.4, -0.2) is 57.2 Å². The largest absolute Gasteiger partial charge is 0.397 e. The first-order valence-corrected chi connectivity index (χ1v) is 20.8. The molecule has 12 atom stereocenters. The Morgan fingerprint density at radius 2 is 1.22 bits per heavy atom. The van der Waals surface area contributed by atoms with Gasteiger partial charge in [0.1, 0.15) is 12.2 Å². The lowest BCUT2D eigenvalue weighted by Gasteiger charge is -2.63. The minimum absolute atomic E-state index is 0.00115. The maximum absolute atomic E-state index is 12.1. The highest BCUT2D eigenvalue weighted by Crippen LogP contribution is 2.69. The van der Waals surface area contributed by atoms with E-state index in [1.807, 2.05) is 6.92 Å². The van der Waals surface area contributed by atoms with Crippen molar-refractivity contribution in [2.45, 2.75) is 131 Å². The monoisotopic (exact) mass is 716 g/mol. The van der Waals surface area contributed by atoms with E-state index in [4.69, 9.17) is 12.5 Å². The molecule has 270 valence electrons. The first kappa shape index (κ1) is 38.4. The summed E-state index contributed by atoms with van der Waals surface area (Å²) in [6.45, 7) is 18.2. The van der Waals surface area contributed by atoms with Gasteiger partial charge in [0.2, 0.25) is 0 Å². The lowest BCUT2D eigenvalue weighted by Crippen LogP contribution is -2.62. The molecule has 0 spiro atoms. The van der Waals surface area contributed by atoms with Crippen LogP contribution in [0.4, 0.5) is 0 Å². The van der Waals surface area contributed by atoms with Crippen molar-refractivity contribution in [3.05, 3.63) is 0 Å². The molecular formula is C31H56O12S3. The Hall–Kier alpha value is -0.390. The van der Waals surface area contributed by atoms with Crippen LogP contribution in [0.5, 0.6) is 0 Å². The summed E-state index contributed by atoms with van der Waals surface area (Å²) < 4.78 is 115. The molecule has 4 aliphatic carbocycles. The van der Waals surface area contributed by atoms with Crippen molar-refractivity contribution in [2.75, 3.05) is 0 Å². The molecule has 1 unspecified atom stereocenters. The van der Waals surface area contributed by atoms with Crippen LogP contribution in [0.25, 0.3) is 0 Å². The zero-order valence-electron chi connectivity index (χ0n) is 28.5. The third-order valence-electron chi connectivity index (χ3n) is 13.9. The highest BCUT2D eigenvalue weighted by atomic mass is 32.3. The van der Waals surface area contributed by atoms with E-state index in [1.165, 1.54) is 0 Å². The second kappa shape index (κ2) is 13.1. The summed E-state index contributed by atoms with van der Waals surface area (Å²) in [6, 6.07) is 0. The Kier molecular flexibility index (Phi) is 10.9. The van der Waals surface area contributed by atoms with E-state index < -0.39 is 60.8 Å². The third-order valence-corrected chi connectivity index (χ3v) is 15.4. The highest BCUT2D eigenvalue weighted by Gasteiger charge is 2.65. The SMILES string of the molecule is CC(C)C(C)(C)C(C)CC[C@@H](C)[C@H]1CC[C@H]2[C@@H]3C[C@H](OS(=O)(=O)O)[C@H]4C[C@H](OS(=O)(=O)O)[C@@H](OS(=O)(=O)O)C[C@]4(C)[C@H]3CC[C@]12C. The summed E-state index contributed by atoms with van der Waals surface area (Å²) in [4.78, 5) is 0. The molecule has 12 nitrogen and oxygen atoms in total. The fraction of sp³-hybridized carbons (Fsp3) is 1.00. The molecule has 46 heavy (non-hydrogen) atoms. The van der Waals surface area contributed by atoms with Crippen molar-refractivity contribution >= 4 is 31.2 Å². The summed E-state index contributed by atoms with van der Waals surface area (Å²) in [5, 5.41) is 0. The van der Waals surface area contributed by atoms with E-state index in [2.05, 4.69) is 48.5 Å². The van der Waals surface area contributed by atoms with E-state index in [9.17, 15) is 38.9 Å². The Morgan fingerprint density at radius 1 is 0.696 bits per heavy atom.